The van der Waals surface area contributed by atoms with E-state index in [0.29, 0.717) is 19.4 Å². The summed E-state index contributed by atoms with van der Waals surface area (Å²) in [6.07, 6.45) is 2.91. The molecule has 1 aromatic carbocycles. The Morgan fingerprint density at radius 1 is 1.15 bits per heavy atom. The third-order valence-corrected chi connectivity index (χ3v) is 4.26. The Morgan fingerprint density at radius 3 is 2.55 bits per heavy atom. The van der Waals surface area contributed by atoms with Gasteiger partial charge in [0.05, 0.1) is 5.60 Å². The molecule has 0 aliphatic carbocycles. The van der Waals surface area contributed by atoms with Crippen molar-refractivity contribution < 1.29 is 5.11 Å². The van der Waals surface area contributed by atoms with Crippen LogP contribution in [-0.4, -0.2) is 22.1 Å². The fourth-order valence-corrected chi connectivity index (χ4v) is 3.18. The Bertz CT molecular complexity index is 563. The van der Waals surface area contributed by atoms with Gasteiger partial charge in [0, 0.05) is 19.2 Å². The van der Waals surface area contributed by atoms with E-state index in [1.54, 1.807) is 6.20 Å². The Kier molecular flexibility index (Phi) is 3.64. The van der Waals surface area contributed by atoms with Crippen LogP contribution < -0.4 is 4.90 Å². The van der Waals surface area contributed by atoms with Gasteiger partial charge in [-0.2, -0.15) is 0 Å². The van der Waals surface area contributed by atoms with Crippen LogP contribution in [0.1, 0.15) is 18.4 Å². The molecule has 1 N–H and O–H groups in total. The molecule has 1 aliphatic rings. The molecule has 3 rings (SSSR count). The van der Waals surface area contributed by atoms with Gasteiger partial charge >= 0.3 is 0 Å². The molecule has 0 radical (unpaired) electrons. The summed E-state index contributed by atoms with van der Waals surface area (Å²) < 4.78 is 0. The minimum absolute atomic E-state index is 0.260. The Morgan fingerprint density at radius 2 is 1.90 bits per heavy atom. The van der Waals surface area contributed by atoms with Gasteiger partial charge in [0.2, 0.25) is 0 Å². The lowest BCUT2D eigenvalue weighted by Gasteiger charge is -2.42. The SMILES string of the molecule is OC1(c2ccccc2)CCN(c2ccccn2)C(Cl)C1. The summed E-state index contributed by atoms with van der Waals surface area (Å²) in [6.45, 7) is 0.691. The van der Waals surface area contributed by atoms with Crippen molar-refractivity contribution in [2.75, 3.05) is 11.4 Å². The first kappa shape index (κ1) is 13.4. The van der Waals surface area contributed by atoms with E-state index >= 15 is 0 Å². The minimum atomic E-state index is -0.848. The van der Waals surface area contributed by atoms with Gasteiger partial charge in [0.1, 0.15) is 11.3 Å². The number of aliphatic hydroxyl groups is 1. The average Bonchev–Trinajstić information content (AvgIpc) is 2.49. The molecule has 2 unspecified atom stereocenters. The number of halogens is 1. The molecule has 1 saturated heterocycles. The number of rotatable bonds is 2. The molecule has 1 fully saturated rings. The first-order valence-electron chi connectivity index (χ1n) is 6.79. The molecule has 20 heavy (non-hydrogen) atoms. The highest BCUT2D eigenvalue weighted by Crippen LogP contribution is 2.38. The molecule has 0 bridgehead atoms. The van der Waals surface area contributed by atoms with Crippen LogP contribution in [0.4, 0.5) is 5.82 Å². The number of hydrogen-bond acceptors (Lipinski definition) is 3. The van der Waals surface area contributed by atoms with Gasteiger partial charge in [-0.05, 0) is 24.1 Å². The number of nitrogens with zero attached hydrogens (tertiary/aromatic N) is 2. The first-order valence-corrected chi connectivity index (χ1v) is 7.22. The van der Waals surface area contributed by atoms with Crippen molar-refractivity contribution in [3.8, 4) is 0 Å². The molecule has 0 amide bonds. The fraction of sp³-hybridized carbons (Fsp3) is 0.312. The lowest BCUT2D eigenvalue weighted by Crippen LogP contribution is -2.47. The van der Waals surface area contributed by atoms with Crippen LogP contribution in [0.3, 0.4) is 0 Å². The van der Waals surface area contributed by atoms with E-state index in [9.17, 15) is 5.11 Å². The summed E-state index contributed by atoms with van der Waals surface area (Å²) in [5, 5.41) is 10.8. The van der Waals surface area contributed by atoms with Gasteiger partial charge in [-0.1, -0.05) is 48.0 Å². The quantitative estimate of drug-likeness (QED) is 0.681. The number of pyridine rings is 1. The van der Waals surface area contributed by atoms with Crippen LogP contribution in [-0.2, 0) is 5.60 Å². The molecule has 0 saturated carbocycles. The Balaban J connectivity index is 1.80. The molecule has 1 aromatic heterocycles. The summed E-state index contributed by atoms with van der Waals surface area (Å²) in [6, 6.07) is 15.5. The summed E-state index contributed by atoms with van der Waals surface area (Å²) in [7, 11) is 0. The first-order chi connectivity index (χ1) is 9.69. The highest BCUT2D eigenvalue weighted by molar-refractivity contribution is 6.21. The molecule has 2 heterocycles. The summed E-state index contributed by atoms with van der Waals surface area (Å²) in [5.74, 6) is 0.864. The standard InChI is InChI=1S/C16H17ClN2O/c17-14-12-16(20,13-6-2-1-3-7-13)9-11-19(14)15-8-4-5-10-18-15/h1-8,10,14,20H,9,11-12H2. The number of aromatic nitrogens is 1. The molecule has 104 valence electrons. The highest BCUT2D eigenvalue weighted by Gasteiger charge is 2.39. The van der Waals surface area contributed by atoms with Crippen LogP contribution in [0.25, 0.3) is 0 Å². The van der Waals surface area contributed by atoms with Crippen molar-refractivity contribution in [3.63, 3.8) is 0 Å². The van der Waals surface area contributed by atoms with Gasteiger partial charge in [-0.15, -0.1) is 0 Å². The smallest absolute Gasteiger partial charge is 0.129 e. The molecular weight excluding hydrogens is 272 g/mol. The second-order valence-electron chi connectivity index (χ2n) is 5.17. The van der Waals surface area contributed by atoms with Crippen LogP contribution >= 0.6 is 11.6 Å². The van der Waals surface area contributed by atoms with Crippen molar-refractivity contribution in [1.82, 2.24) is 4.98 Å². The molecule has 1 aliphatic heterocycles. The zero-order valence-corrected chi connectivity index (χ0v) is 11.9. The minimum Gasteiger partial charge on any atom is -0.385 e. The van der Waals surface area contributed by atoms with Crippen molar-refractivity contribution >= 4 is 17.4 Å². The number of benzene rings is 1. The van der Waals surface area contributed by atoms with Crippen LogP contribution in [0.5, 0.6) is 0 Å². The van der Waals surface area contributed by atoms with E-state index in [-0.39, 0.29) is 5.50 Å². The predicted octanol–water partition coefficient (Wildman–Crippen LogP) is 3.13. The number of hydrogen-bond donors (Lipinski definition) is 1. The molecule has 3 nitrogen and oxygen atoms in total. The lowest BCUT2D eigenvalue weighted by molar-refractivity contribution is 0.00738. The monoisotopic (exact) mass is 288 g/mol. The summed E-state index contributed by atoms with van der Waals surface area (Å²) in [5.41, 5.74) is -0.172. The normalized spacial score (nSPS) is 26.5. The van der Waals surface area contributed by atoms with E-state index in [0.717, 1.165) is 11.4 Å². The van der Waals surface area contributed by atoms with Crippen molar-refractivity contribution in [1.29, 1.82) is 0 Å². The maximum atomic E-state index is 10.8. The van der Waals surface area contributed by atoms with E-state index in [1.807, 2.05) is 53.4 Å². The van der Waals surface area contributed by atoms with E-state index in [1.165, 1.54) is 0 Å². The van der Waals surface area contributed by atoms with E-state index in [4.69, 9.17) is 11.6 Å². The third-order valence-electron chi connectivity index (χ3n) is 3.87. The van der Waals surface area contributed by atoms with Gasteiger partial charge in [-0.3, -0.25) is 0 Å². The molecular formula is C16H17ClN2O. The van der Waals surface area contributed by atoms with E-state index in [2.05, 4.69) is 4.98 Å². The third kappa shape index (κ3) is 2.51. The van der Waals surface area contributed by atoms with Gasteiger partial charge in [0.15, 0.2) is 0 Å². The summed E-state index contributed by atoms with van der Waals surface area (Å²) >= 11 is 6.48. The predicted molar refractivity (Wildman–Crippen MR) is 80.8 cm³/mol. The topological polar surface area (TPSA) is 36.4 Å². The zero-order valence-electron chi connectivity index (χ0n) is 11.1. The zero-order chi connectivity index (χ0) is 14.0. The average molecular weight is 289 g/mol. The second-order valence-corrected chi connectivity index (χ2v) is 5.67. The maximum absolute atomic E-state index is 10.8. The second kappa shape index (κ2) is 5.43. The maximum Gasteiger partial charge on any atom is 0.129 e. The highest BCUT2D eigenvalue weighted by atomic mass is 35.5. The largest absolute Gasteiger partial charge is 0.385 e. The van der Waals surface area contributed by atoms with Crippen molar-refractivity contribution in [2.45, 2.75) is 23.9 Å². The van der Waals surface area contributed by atoms with Crippen LogP contribution in [0.2, 0.25) is 0 Å². The van der Waals surface area contributed by atoms with Crippen molar-refractivity contribution in [3.05, 3.63) is 60.3 Å². The fourth-order valence-electron chi connectivity index (χ4n) is 2.73. The van der Waals surface area contributed by atoms with E-state index < -0.39 is 5.60 Å². The molecule has 4 heteroatoms. The van der Waals surface area contributed by atoms with Gasteiger partial charge in [-0.25, -0.2) is 4.98 Å². The van der Waals surface area contributed by atoms with Gasteiger partial charge < -0.3 is 10.0 Å². The summed E-state index contributed by atoms with van der Waals surface area (Å²) in [4.78, 5) is 6.37. The number of anilines is 1. The number of alkyl halides is 1. The van der Waals surface area contributed by atoms with Gasteiger partial charge in [0.25, 0.3) is 0 Å². The lowest BCUT2D eigenvalue weighted by atomic mass is 9.84. The molecule has 2 aromatic rings. The Labute approximate surface area is 123 Å². The number of piperidine rings is 1. The van der Waals surface area contributed by atoms with Crippen LogP contribution in [0.15, 0.2) is 54.7 Å². The van der Waals surface area contributed by atoms with Crippen molar-refractivity contribution in [2.24, 2.45) is 0 Å². The molecule has 2 atom stereocenters. The Hall–Kier alpha value is -1.58. The molecule has 0 spiro atoms. The van der Waals surface area contributed by atoms with Crippen LogP contribution in [0, 0.1) is 0 Å².